The molecule has 0 radical (unpaired) electrons. The SMILES string of the molecule is CCCN(C(=O)C(C)NC(=O)OC(C)(C)C)C(C(=O)NCC(=O)OC)c1cc(C)cc(C)c1. The Labute approximate surface area is 196 Å². The average Bonchev–Trinajstić information content (AvgIpc) is 2.68. The number of methoxy groups -OCH3 is 1. The smallest absolute Gasteiger partial charge is 0.408 e. The molecule has 0 saturated carbocycles. The molecule has 2 unspecified atom stereocenters. The molecule has 0 aliphatic rings. The third kappa shape index (κ3) is 9.11. The fourth-order valence-electron chi connectivity index (χ4n) is 3.37. The van der Waals surface area contributed by atoms with Crippen LogP contribution in [-0.2, 0) is 23.9 Å². The normalized spacial score (nSPS) is 12.8. The van der Waals surface area contributed by atoms with Gasteiger partial charge >= 0.3 is 12.1 Å². The molecule has 1 aromatic rings. The molecule has 0 bridgehead atoms. The first-order valence-electron chi connectivity index (χ1n) is 11.0. The van der Waals surface area contributed by atoms with Gasteiger partial charge in [-0.2, -0.15) is 0 Å². The second kappa shape index (κ2) is 12.2. The second-order valence-electron chi connectivity index (χ2n) is 9.02. The Kier molecular flexibility index (Phi) is 10.3. The Bertz CT molecular complexity index is 842. The maximum atomic E-state index is 13.4. The predicted octanol–water partition coefficient (Wildman–Crippen LogP) is 2.79. The van der Waals surface area contributed by atoms with Crippen molar-refractivity contribution in [3.63, 3.8) is 0 Å². The Morgan fingerprint density at radius 2 is 1.64 bits per heavy atom. The van der Waals surface area contributed by atoms with E-state index in [4.69, 9.17) is 4.74 Å². The number of benzene rings is 1. The lowest BCUT2D eigenvalue weighted by atomic mass is 9.98. The zero-order chi connectivity index (χ0) is 25.3. The van der Waals surface area contributed by atoms with Crippen LogP contribution in [0, 0.1) is 13.8 Å². The van der Waals surface area contributed by atoms with Crippen molar-refractivity contribution in [1.82, 2.24) is 15.5 Å². The summed E-state index contributed by atoms with van der Waals surface area (Å²) in [4.78, 5) is 51.8. The molecule has 9 nitrogen and oxygen atoms in total. The summed E-state index contributed by atoms with van der Waals surface area (Å²) in [7, 11) is 1.23. The van der Waals surface area contributed by atoms with Gasteiger partial charge in [-0.3, -0.25) is 14.4 Å². The lowest BCUT2D eigenvalue weighted by Crippen LogP contribution is -2.52. The summed E-state index contributed by atoms with van der Waals surface area (Å²) in [5, 5.41) is 5.10. The zero-order valence-electron chi connectivity index (χ0n) is 20.9. The number of rotatable bonds is 9. The molecule has 3 amide bonds. The summed E-state index contributed by atoms with van der Waals surface area (Å²) in [6, 6.07) is 3.69. The summed E-state index contributed by atoms with van der Waals surface area (Å²) >= 11 is 0. The largest absolute Gasteiger partial charge is 0.468 e. The van der Waals surface area contributed by atoms with Crippen molar-refractivity contribution < 1.29 is 28.7 Å². The quantitative estimate of drug-likeness (QED) is 0.545. The molecule has 2 N–H and O–H groups in total. The summed E-state index contributed by atoms with van der Waals surface area (Å²) in [6.45, 7) is 12.4. The first-order chi connectivity index (χ1) is 15.3. The Balaban J connectivity index is 3.30. The second-order valence-corrected chi connectivity index (χ2v) is 9.02. The molecule has 0 aliphatic heterocycles. The number of nitrogens with zero attached hydrogens (tertiary/aromatic N) is 1. The third-order valence-corrected chi connectivity index (χ3v) is 4.61. The van der Waals surface area contributed by atoms with Gasteiger partial charge < -0.3 is 25.0 Å². The minimum atomic E-state index is -0.997. The van der Waals surface area contributed by atoms with Crippen LogP contribution in [0.15, 0.2) is 18.2 Å². The van der Waals surface area contributed by atoms with Gasteiger partial charge in [0.25, 0.3) is 0 Å². The van der Waals surface area contributed by atoms with E-state index in [0.29, 0.717) is 12.0 Å². The minimum Gasteiger partial charge on any atom is -0.468 e. The topological polar surface area (TPSA) is 114 Å². The van der Waals surface area contributed by atoms with E-state index in [9.17, 15) is 19.2 Å². The molecule has 184 valence electrons. The highest BCUT2D eigenvalue weighted by atomic mass is 16.6. The van der Waals surface area contributed by atoms with Gasteiger partial charge in [-0.15, -0.1) is 0 Å². The highest BCUT2D eigenvalue weighted by Crippen LogP contribution is 2.25. The number of esters is 1. The number of carbonyl (C=O) groups excluding carboxylic acids is 4. The number of aryl methyl sites for hydroxylation is 2. The van der Waals surface area contributed by atoms with Crippen LogP contribution in [-0.4, -0.2) is 60.6 Å². The van der Waals surface area contributed by atoms with E-state index in [1.165, 1.54) is 12.0 Å². The van der Waals surface area contributed by atoms with Crippen molar-refractivity contribution in [3.05, 3.63) is 34.9 Å². The van der Waals surface area contributed by atoms with Crippen molar-refractivity contribution >= 4 is 23.9 Å². The van der Waals surface area contributed by atoms with Gasteiger partial charge in [-0.1, -0.05) is 36.2 Å². The van der Waals surface area contributed by atoms with Crippen molar-refractivity contribution in [2.45, 2.75) is 72.6 Å². The summed E-state index contributed by atoms with van der Waals surface area (Å²) in [5.74, 6) is -1.56. The molecule has 1 aromatic carbocycles. The summed E-state index contributed by atoms with van der Waals surface area (Å²) < 4.78 is 9.85. The maximum absolute atomic E-state index is 13.4. The average molecular weight is 464 g/mol. The highest BCUT2D eigenvalue weighted by Gasteiger charge is 2.34. The van der Waals surface area contributed by atoms with Gasteiger partial charge in [0, 0.05) is 6.54 Å². The number of hydrogen-bond acceptors (Lipinski definition) is 6. The Morgan fingerprint density at radius 3 is 2.12 bits per heavy atom. The fourth-order valence-corrected chi connectivity index (χ4v) is 3.37. The number of amides is 3. The minimum absolute atomic E-state index is 0.266. The molecule has 9 heteroatoms. The first-order valence-corrected chi connectivity index (χ1v) is 11.0. The van der Waals surface area contributed by atoms with E-state index in [1.807, 2.05) is 39.0 Å². The molecule has 33 heavy (non-hydrogen) atoms. The molecule has 0 saturated heterocycles. The van der Waals surface area contributed by atoms with E-state index >= 15 is 0 Å². The van der Waals surface area contributed by atoms with Crippen LogP contribution in [0.3, 0.4) is 0 Å². The zero-order valence-corrected chi connectivity index (χ0v) is 20.9. The van der Waals surface area contributed by atoms with Crippen LogP contribution in [0.4, 0.5) is 4.79 Å². The van der Waals surface area contributed by atoms with E-state index in [1.54, 1.807) is 27.7 Å². The van der Waals surface area contributed by atoms with Gasteiger partial charge in [0.15, 0.2) is 0 Å². The van der Waals surface area contributed by atoms with Gasteiger partial charge in [0.1, 0.15) is 24.2 Å². The standard InChI is InChI=1S/C24H37N3O6/c1-9-10-27(22(30)17(4)26-23(31)33-24(5,6)7)20(21(29)25-14-19(28)32-8)18-12-15(2)11-16(3)13-18/h11-13,17,20H,9-10,14H2,1-8H3,(H,25,29)(H,26,31). The van der Waals surface area contributed by atoms with E-state index < -0.39 is 41.6 Å². The van der Waals surface area contributed by atoms with E-state index in [2.05, 4.69) is 15.4 Å². The van der Waals surface area contributed by atoms with Crippen molar-refractivity contribution in [1.29, 1.82) is 0 Å². The summed E-state index contributed by atoms with van der Waals surface area (Å²) in [6.07, 6.45) is -0.144. The van der Waals surface area contributed by atoms with Gasteiger partial charge in [0.05, 0.1) is 7.11 Å². The third-order valence-electron chi connectivity index (χ3n) is 4.61. The molecule has 0 spiro atoms. The molecule has 0 aromatic heterocycles. The molecule has 0 aliphatic carbocycles. The molecular weight excluding hydrogens is 426 g/mol. The predicted molar refractivity (Wildman–Crippen MR) is 125 cm³/mol. The highest BCUT2D eigenvalue weighted by molar-refractivity contribution is 5.93. The van der Waals surface area contributed by atoms with Gasteiger partial charge in [-0.25, -0.2) is 4.79 Å². The fraction of sp³-hybridized carbons (Fsp3) is 0.583. The number of carbonyl (C=O) groups is 4. The van der Waals surface area contributed by atoms with Crippen LogP contribution in [0.25, 0.3) is 0 Å². The molecule has 2 atom stereocenters. The van der Waals surface area contributed by atoms with Crippen LogP contribution in [0.2, 0.25) is 0 Å². The molecular formula is C24H37N3O6. The van der Waals surface area contributed by atoms with Crippen molar-refractivity contribution in [3.8, 4) is 0 Å². The number of ether oxygens (including phenoxy) is 2. The van der Waals surface area contributed by atoms with Crippen LogP contribution in [0.5, 0.6) is 0 Å². The Hall–Kier alpha value is -3.10. The van der Waals surface area contributed by atoms with Crippen molar-refractivity contribution in [2.24, 2.45) is 0 Å². The number of alkyl carbamates (subject to hydrolysis) is 1. The van der Waals surface area contributed by atoms with Crippen LogP contribution < -0.4 is 10.6 Å². The van der Waals surface area contributed by atoms with Gasteiger partial charge in [0.2, 0.25) is 11.8 Å². The molecule has 0 fully saturated rings. The van der Waals surface area contributed by atoms with Crippen molar-refractivity contribution in [2.75, 3.05) is 20.2 Å². The van der Waals surface area contributed by atoms with Crippen LogP contribution >= 0.6 is 0 Å². The van der Waals surface area contributed by atoms with Gasteiger partial charge in [-0.05, 0) is 53.5 Å². The van der Waals surface area contributed by atoms with E-state index in [0.717, 1.165) is 11.1 Å². The lowest BCUT2D eigenvalue weighted by molar-refractivity contribution is -0.144. The number of hydrogen-bond donors (Lipinski definition) is 2. The Morgan fingerprint density at radius 1 is 1.06 bits per heavy atom. The molecule has 1 rings (SSSR count). The number of nitrogens with one attached hydrogen (secondary N) is 2. The molecule has 0 heterocycles. The summed E-state index contributed by atoms with van der Waals surface area (Å²) in [5.41, 5.74) is 1.76. The van der Waals surface area contributed by atoms with E-state index in [-0.39, 0.29) is 13.1 Å². The monoisotopic (exact) mass is 463 g/mol. The lowest BCUT2D eigenvalue weighted by Gasteiger charge is -2.33. The van der Waals surface area contributed by atoms with Crippen LogP contribution in [0.1, 0.15) is 63.8 Å². The maximum Gasteiger partial charge on any atom is 0.408 e. The first kappa shape index (κ1) is 27.9.